The van der Waals surface area contributed by atoms with Crippen LogP contribution in [0.25, 0.3) is 98.4 Å². The summed E-state index contributed by atoms with van der Waals surface area (Å²) in [6.45, 7) is 0. The second-order valence-electron chi connectivity index (χ2n) is 17.4. The largest absolute Gasteiger partial charge is 0.310 e. The Labute approximate surface area is 380 Å². The number of hydrogen-bond acceptors (Lipinski definition) is 4. The molecule has 0 radical (unpaired) electrons. The van der Waals surface area contributed by atoms with Gasteiger partial charge in [-0.05, 0) is 185 Å². The minimum Gasteiger partial charge on any atom is -0.310 e. The maximum absolute atomic E-state index is 11.2. The summed E-state index contributed by atoms with van der Waals surface area (Å²) in [5.74, 6) is 0. The predicted octanol–water partition coefficient (Wildman–Crippen LogP) is 16.9. The van der Waals surface area contributed by atoms with Crippen molar-refractivity contribution in [3.63, 3.8) is 0 Å². The van der Waals surface area contributed by atoms with Crippen LogP contribution in [-0.2, 0) is 0 Å². The van der Waals surface area contributed by atoms with Crippen LogP contribution in [0.1, 0.15) is 11.1 Å². The minimum absolute atomic E-state index is 0.622. The van der Waals surface area contributed by atoms with E-state index in [0.29, 0.717) is 11.1 Å². The second kappa shape index (κ2) is 13.6. The summed E-state index contributed by atoms with van der Waals surface area (Å²) in [5, 5.41) is 32.9. The average Bonchev–Trinajstić information content (AvgIpc) is 3.87. The first kappa shape index (κ1) is 36.3. The Morgan fingerprint density at radius 2 is 0.636 bits per heavy atom. The summed E-state index contributed by atoms with van der Waals surface area (Å²) in [7, 11) is 0. The van der Waals surface area contributed by atoms with Crippen molar-refractivity contribution in [1.29, 1.82) is 10.5 Å². The molecule has 0 saturated carbocycles. The molecule has 4 nitrogen and oxygen atoms in total. The van der Waals surface area contributed by atoms with Gasteiger partial charge in [-0.3, -0.25) is 0 Å². The van der Waals surface area contributed by atoms with Crippen LogP contribution >= 0.6 is 0 Å². The van der Waals surface area contributed by atoms with Crippen LogP contribution < -0.4 is 9.80 Å². The van der Waals surface area contributed by atoms with Crippen LogP contribution in [0, 0.1) is 22.7 Å². The van der Waals surface area contributed by atoms with Gasteiger partial charge in [0.05, 0.1) is 23.3 Å². The highest BCUT2D eigenvalue weighted by Gasteiger charge is 2.32. The highest BCUT2D eigenvalue weighted by molar-refractivity contribution is 6.36. The highest BCUT2D eigenvalue weighted by Crippen LogP contribution is 2.59. The Bertz CT molecular complexity index is 3760. The third kappa shape index (κ3) is 4.96. The fourth-order valence-corrected chi connectivity index (χ4v) is 11.4. The molecular formula is C62H34N4. The number of fused-ring (bicyclic) bond motifs is 8. The van der Waals surface area contributed by atoms with Crippen LogP contribution in [0.4, 0.5) is 34.1 Å². The average molecular weight is 835 g/mol. The fourth-order valence-electron chi connectivity index (χ4n) is 11.4. The van der Waals surface area contributed by atoms with Crippen LogP contribution in [0.2, 0.25) is 0 Å². The molecule has 0 saturated heterocycles. The van der Waals surface area contributed by atoms with E-state index in [4.69, 9.17) is 0 Å². The van der Waals surface area contributed by atoms with Crippen molar-refractivity contribution in [2.45, 2.75) is 0 Å². The fraction of sp³-hybridized carbons (Fsp3) is 0. The van der Waals surface area contributed by atoms with Crippen LogP contribution in [0.5, 0.6) is 0 Å². The lowest BCUT2D eigenvalue weighted by Gasteiger charge is -2.26. The Kier molecular flexibility index (Phi) is 7.50. The number of nitrogens with zero attached hydrogens (tertiary/aromatic N) is 4. The van der Waals surface area contributed by atoms with E-state index in [9.17, 15) is 10.5 Å². The maximum atomic E-state index is 11.2. The minimum atomic E-state index is 0.622. The topological polar surface area (TPSA) is 54.1 Å². The number of para-hydroxylation sites is 4. The van der Waals surface area contributed by atoms with Crippen molar-refractivity contribution < 1.29 is 0 Å². The summed E-state index contributed by atoms with van der Waals surface area (Å²) >= 11 is 0. The van der Waals surface area contributed by atoms with Crippen molar-refractivity contribution in [2.75, 3.05) is 9.80 Å². The summed E-state index contributed by atoms with van der Waals surface area (Å²) in [6, 6.07) is 78.4. The number of hydrogen-bond donors (Lipinski definition) is 0. The summed E-state index contributed by atoms with van der Waals surface area (Å²) in [6.07, 6.45) is 0. The van der Waals surface area contributed by atoms with E-state index in [1.807, 2.05) is 24.3 Å². The van der Waals surface area contributed by atoms with Crippen LogP contribution in [-0.4, -0.2) is 0 Å². The Morgan fingerprint density at radius 3 is 0.985 bits per heavy atom. The van der Waals surface area contributed by atoms with Gasteiger partial charge in [0.1, 0.15) is 0 Å². The molecule has 0 spiro atoms. The zero-order chi connectivity index (χ0) is 43.6. The van der Waals surface area contributed by atoms with Gasteiger partial charge in [0, 0.05) is 44.9 Å². The van der Waals surface area contributed by atoms with E-state index in [0.717, 1.165) is 122 Å². The van der Waals surface area contributed by atoms with Gasteiger partial charge in [-0.2, -0.15) is 10.5 Å². The molecule has 0 fully saturated rings. The molecule has 2 aliphatic rings. The van der Waals surface area contributed by atoms with Gasteiger partial charge >= 0.3 is 0 Å². The quantitative estimate of drug-likeness (QED) is 0.157. The SMILES string of the molecule is N#Cc1cc2c3c(cc4c(C#N)cc5c6c(cc1c5c42)-c1cc(N(c2ccccc2)c2ccccc2)cc2cccc-6c12)-c1cc(N(c2ccccc2)c2ccccc2)cc2cccc-3c12. The molecule has 0 atom stereocenters. The van der Waals surface area contributed by atoms with E-state index >= 15 is 0 Å². The van der Waals surface area contributed by atoms with Crippen molar-refractivity contribution in [3.8, 4) is 56.6 Å². The molecule has 14 rings (SSSR count). The van der Waals surface area contributed by atoms with Crippen molar-refractivity contribution in [3.05, 3.63) is 217 Å². The van der Waals surface area contributed by atoms with Gasteiger partial charge in [-0.25, -0.2) is 0 Å². The van der Waals surface area contributed by atoms with Crippen molar-refractivity contribution in [1.82, 2.24) is 0 Å². The van der Waals surface area contributed by atoms with E-state index in [1.165, 1.54) is 10.8 Å². The Balaban J connectivity index is 1.04. The summed E-state index contributed by atoms with van der Waals surface area (Å²) < 4.78 is 0. The Hall–Kier alpha value is -9.22. The standard InChI is InChI=1S/C62H34N4/c63-35-39-30-56-60-48-26-14-16-38-28-46(66(43-21-9-3-10-22-43)44-23-11-4-12-24-44)32-52(58(38)48)54(60)34-50-40(36-64)29-55-59-47-25-13-15-37-27-45(31-51(57(37)47)53(59)33-49(39)61(55)62(50)56)65(41-17-5-1-6-18-41)42-19-7-2-8-20-42/h1-34H. The van der Waals surface area contributed by atoms with Gasteiger partial charge in [0.2, 0.25) is 0 Å². The lowest BCUT2D eigenvalue weighted by atomic mass is 9.82. The monoisotopic (exact) mass is 834 g/mol. The maximum Gasteiger partial charge on any atom is 0.0998 e. The lowest BCUT2D eigenvalue weighted by Crippen LogP contribution is -2.09. The zero-order valence-corrected chi connectivity index (χ0v) is 35.4. The molecule has 0 heterocycles. The molecule has 12 aromatic carbocycles. The molecule has 0 aromatic heterocycles. The van der Waals surface area contributed by atoms with E-state index in [2.05, 4.69) is 204 Å². The molecule has 0 aliphatic heterocycles. The van der Waals surface area contributed by atoms with Gasteiger partial charge in [0.15, 0.2) is 0 Å². The second-order valence-corrected chi connectivity index (χ2v) is 17.4. The lowest BCUT2D eigenvalue weighted by molar-refractivity contribution is 1.29. The predicted molar refractivity (Wildman–Crippen MR) is 273 cm³/mol. The molecule has 2 aliphatic carbocycles. The van der Waals surface area contributed by atoms with E-state index in [1.54, 1.807) is 0 Å². The third-order valence-corrected chi connectivity index (χ3v) is 14.0. The molecule has 0 amide bonds. The molecule has 0 bridgehead atoms. The number of nitriles is 2. The molecule has 302 valence electrons. The number of benzene rings is 12. The molecule has 0 unspecified atom stereocenters. The number of anilines is 6. The zero-order valence-electron chi connectivity index (χ0n) is 35.4. The highest BCUT2D eigenvalue weighted by atomic mass is 15.1. The molecular weight excluding hydrogens is 801 g/mol. The van der Waals surface area contributed by atoms with Gasteiger partial charge in [-0.15, -0.1) is 0 Å². The van der Waals surface area contributed by atoms with Gasteiger partial charge in [-0.1, -0.05) is 109 Å². The molecule has 0 N–H and O–H groups in total. The summed E-state index contributed by atoms with van der Waals surface area (Å²) in [5.41, 5.74) is 16.5. The first-order valence-electron chi connectivity index (χ1n) is 22.3. The molecule has 12 aromatic rings. The smallest absolute Gasteiger partial charge is 0.0998 e. The summed E-state index contributed by atoms with van der Waals surface area (Å²) in [4.78, 5) is 4.62. The number of rotatable bonds is 6. The van der Waals surface area contributed by atoms with E-state index in [-0.39, 0.29) is 0 Å². The van der Waals surface area contributed by atoms with Gasteiger partial charge in [0.25, 0.3) is 0 Å². The first-order chi connectivity index (χ1) is 32.7. The van der Waals surface area contributed by atoms with Crippen molar-refractivity contribution in [2.24, 2.45) is 0 Å². The van der Waals surface area contributed by atoms with Gasteiger partial charge < -0.3 is 9.80 Å². The third-order valence-electron chi connectivity index (χ3n) is 14.0. The normalized spacial score (nSPS) is 11.9. The molecule has 4 heteroatoms. The van der Waals surface area contributed by atoms with E-state index < -0.39 is 0 Å². The Morgan fingerprint density at radius 1 is 0.273 bits per heavy atom. The van der Waals surface area contributed by atoms with Crippen LogP contribution in [0.15, 0.2) is 206 Å². The first-order valence-corrected chi connectivity index (χ1v) is 22.3. The molecule has 66 heavy (non-hydrogen) atoms. The van der Waals surface area contributed by atoms with Crippen molar-refractivity contribution >= 4 is 88.0 Å². The van der Waals surface area contributed by atoms with Crippen LogP contribution in [0.3, 0.4) is 0 Å².